The van der Waals surface area contributed by atoms with Crippen LogP contribution in [0.5, 0.6) is 0 Å². The quantitative estimate of drug-likeness (QED) is 0.607. The third-order valence-corrected chi connectivity index (χ3v) is 1.94. The molecule has 1 aromatic heterocycles. The zero-order chi connectivity index (χ0) is 12.1. The second-order valence-electron chi connectivity index (χ2n) is 3.33. The predicted octanol–water partition coefficient (Wildman–Crippen LogP) is -0.354. The highest BCUT2D eigenvalue weighted by atomic mass is 16.5. The van der Waals surface area contributed by atoms with Crippen LogP contribution in [-0.2, 0) is 22.4 Å². The minimum Gasteiger partial charge on any atom is -0.481 e. The van der Waals surface area contributed by atoms with Gasteiger partial charge in [0.25, 0.3) is 0 Å². The molecule has 0 aliphatic heterocycles. The molecule has 4 N–H and O–H groups in total. The molecule has 1 unspecified atom stereocenters. The summed E-state index contributed by atoms with van der Waals surface area (Å²) in [6.45, 7) is 0. The van der Waals surface area contributed by atoms with Gasteiger partial charge < -0.3 is 20.5 Å². The molecule has 0 radical (unpaired) electrons. The first-order chi connectivity index (χ1) is 7.49. The van der Waals surface area contributed by atoms with Gasteiger partial charge in [0.05, 0.1) is 12.1 Å². The molecule has 1 heterocycles. The van der Waals surface area contributed by atoms with Crippen molar-refractivity contribution in [2.45, 2.75) is 25.3 Å². The third-order valence-electron chi connectivity index (χ3n) is 1.94. The molecule has 0 saturated carbocycles. The van der Waals surface area contributed by atoms with Gasteiger partial charge in [-0.25, -0.2) is 0 Å². The molecular weight excluding hydrogens is 216 g/mol. The lowest BCUT2D eigenvalue weighted by Gasteiger charge is -2.00. The largest absolute Gasteiger partial charge is 0.481 e. The lowest BCUT2D eigenvalue weighted by Crippen LogP contribution is -2.32. The lowest BCUT2D eigenvalue weighted by atomic mass is 10.1. The first-order valence-corrected chi connectivity index (χ1v) is 4.63. The van der Waals surface area contributed by atoms with Gasteiger partial charge in [-0.05, 0) is 0 Å². The average Bonchev–Trinajstić information content (AvgIpc) is 2.62. The number of nitrogens with two attached hydrogens (primary N) is 1. The maximum absolute atomic E-state index is 10.5. The Morgan fingerprint density at radius 2 is 2.19 bits per heavy atom. The summed E-state index contributed by atoms with van der Waals surface area (Å²) in [4.78, 5) is 20.8. The molecule has 88 valence electrons. The molecule has 0 aliphatic rings. The average molecular weight is 228 g/mol. The standard InChI is InChI=1S/C9H12N2O5/c10-7(9(14)15)4-6-3-5(11-16-6)1-2-8(12)13/h3,7H,1-2,4,10H2,(H,12,13)(H,14,15). The SMILES string of the molecule is NC(Cc1cc(CCC(=O)O)no1)C(=O)O. The number of aromatic nitrogens is 1. The number of hydrogen-bond donors (Lipinski definition) is 3. The second kappa shape index (κ2) is 5.26. The summed E-state index contributed by atoms with van der Waals surface area (Å²) in [5.41, 5.74) is 5.78. The highest BCUT2D eigenvalue weighted by Crippen LogP contribution is 2.08. The molecule has 0 fully saturated rings. The summed E-state index contributed by atoms with van der Waals surface area (Å²) >= 11 is 0. The van der Waals surface area contributed by atoms with Gasteiger partial charge in [-0.1, -0.05) is 5.16 Å². The zero-order valence-corrected chi connectivity index (χ0v) is 8.42. The normalized spacial score (nSPS) is 12.3. The summed E-state index contributed by atoms with van der Waals surface area (Å²) in [7, 11) is 0. The van der Waals surface area contributed by atoms with Crippen LogP contribution in [-0.4, -0.2) is 33.4 Å². The van der Waals surface area contributed by atoms with Gasteiger partial charge in [0.15, 0.2) is 0 Å². The summed E-state index contributed by atoms with van der Waals surface area (Å²) < 4.78 is 4.83. The molecule has 7 heteroatoms. The molecule has 0 aromatic carbocycles. The van der Waals surface area contributed by atoms with Crippen molar-refractivity contribution in [2.75, 3.05) is 0 Å². The minimum absolute atomic E-state index is 0.0371. The van der Waals surface area contributed by atoms with Crippen molar-refractivity contribution < 1.29 is 24.3 Å². The Hall–Kier alpha value is -1.89. The van der Waals surface area contributed by atoms with E-state index < -0.39 is 18.0 Å². The smallest absolute Gasteiger partial charge is 0.320 e. The van der Waals surface area contributed by atoms with Crippen LogP contribution in [0.4, 0.5) is 0 Å². The first kappa shape index (κ1) is 12.2. The van der Waals surface area contributed by atoms with Crippen LogP contribution in [0.3, 0.4) is 0 Å². The van der Waals surface area contributed by atoms with Crippen LogP contribution in [0.2, 0.25) is 0 Å². The van der Waals surface area contributed by atoms with Crippen molar-refractivity contribution in [1.82, 2.24) is 5.16 Å². The van der Waals surface area contributed by atoms with Crippen LogP contribution in [0.15, 0.2) is 10.6 Å². The maximum atomic E-state index is 10.5. The first-order valence-electron chi connectivity index (χ1n) is 4.63. The fourth-order valence-corrected chi connectivity index (χ4v) is 1.11. The summed E-state index contributed by atoms with van der Waals surface area (Å²) in [5, 5.41) is 20.6. The number of carboxylic acid groups (broad SMARTS) is 2. The third kappa shape index (κ3) is 3.70. The van der Waals surface area contributed by atoms with Gasteiger partial charge in [0.1, 0.15) is 11.8 Å². The van der Waals surface area contributed by atoms with Crippen molar-refractivity contribution in [3.8, 4) is 0 Å². The van der Waals surface area contributed by atoms with Gasteiger partial charge in [-0.2, -0.15) is 0 Å². The highest BCUT2D eigenvalue weighted by Gasteiger charge is 2.15. The number of aliphatic carboxylic acids is 2. The molecule has 7 nitrogen and oxygen atoms in total. The summed E-state index contributed by atoms with van der Waals surface area (Å²) in [5.74, 6) is -1.70. The van der Waals surface area contributed by atoms with Crippen LogP contribution >= 0.6 is 0 Å². The Morgan fingerprint density at radius 3 is 2.75 bits per heavy atom. The monoisotopic (exact) mass is 228 g/mol. The molecule has 16 heavy (non-hydrogen) atoms. The van der Waals surface area contributed by atoms with E-state index in [-0.39, 0.29) is 19.3 Å². The van der Waals surface area contributed by atoms with E-state index in [0.29, 0.717) is 11.5 Å². The molecule has 1 atom stereocenters. The molecular formula is C9H12N2O5. The van der Waals surface area contributed by atoms with Gasteiger partial charge >= 0.3 is 11.9 Å². The van der Waals surface area contributed by atoms with E-state index in [1.165, 1.54) is 6.07 Å². The van der Waals surface area contributed by atoms with Crippen molar-refractivity contribution >= 4 is 11.9 Å². The van der Waals surface area contributed by atoms with E-state index in [1.54, 1.807) is 0 Å². The second-order valence-corrected chi connectivity index (χ2v) is 3.33. The van der Waals surface area contributed by atoms with Crippen molar-refractivity contribution in [2.24, 2.45) is 5.73 Å². The predicted molar refractivity (Wildman–Crippen MR) is 51.8 cm³/mol. The number of rotatable bonds is 6. The van der Waals surface area contributed by atoms with Crippen molar-refractivity contribution in [3.63, 3.8) is 0 Å². The minimum atomic E-state index is -1.12. The summed E-state index contributed by atoms with van der Waals surface area (Å²) in [6.07, 6.45) is 0.244. The lowest BCUT2D eigenvalue weighted by molar-refractivity contribution is -0.139. The van der Waals surface area contributed by atoms with Gasteiger partial charge in [-0.3, -0.25) is 9.59 Å². The number of hydrogen-bond acceptors (Lipinski definition) is 5. The van der Waals surface area contributed by atoms with Crippen LogP contribution < -0.4 is 5.73 Å². The Balaban J connectivity index is 2.51. The molecule has 0 amide bonds. The van der Waals surface area contributed by atoms with E-state index in [1.807, 2.05) is 0 Å². The molecule has 1 aromatic rings. The Morgan fingerprint density at radius 1 is 1.50 bits per heavy atom. The zero-order valence-electron chi connectivity index (χ0n) is 8.42. The van der Waals surface area contributed by atoms with Crippen molar-refractivity contribution in [1.29, 1.82) is 0 Å². The maximum Gasteiger partial charge on any atom is 0.320 e. The van der Waals surface area contributed by atoms with Gasteiger partial charge in [-0.15, -0.1) is 0 Å². The van der Waals surface area contributed by atoms with Crippen molar-refractivity contribution in [3.05, 3.63) is 17.5 Å². The van der Waals surface area contributed by atoms with E-state index in [9.17, 15) is 9.59 Å². The summed E-state index contributed by atoms with van der Waals surface area (Å²) in [6, 6.07) is 0.478. The Kier molecular flexibility index (Phi) is 4.01. The molecule has 0 bridgehead atoms. The number of aryl methyl sites for hydroxylation is 1. The number of carbonyl (C=O) groups is 2. The number of carboxylic acids is 2. The number of nitrogens with zero attached hydrogens (tertiary/aromatic N) is 1. The van der Waals surface area contributed by atoms with Gasteiger partial charge in [0.2, 0.25) is 0 Å². The van der Waals surface area contributed by atoms with E-state index in [2.05, 4.69) is 5.16 Å². The fourth-order valence-electron chi connectivity index (χ4n) is 1.11. The topological polar surface area (TPSA) is 127 Å². The van der Waals surface area contributed by atoms with Crippen LogP contribution in [0.1, 0.15) is 17.9 Å². The van der Waals surface area contributed by atoms with E-state index >= 15 is 0 Å². The highest BCUT2D eigenvalue weighted by molar-refractivity contribution is 5.73. The Labute approximate surface area is 90.8 Å². The van der Waals surface area contributed by atoms with Gasteiger partial charge in [0, 0.05) is 18.9 Å². The molecule has 0 spiro atoms. The molecule has 1 rings (SSSR count). The molecule has 0 saturated heterocycles. The van der Waals surface area contributed by atoms with Crippen LogP contribution in [0, 0.1) is 0 Å². The Bertz CT molecular complexity index is 387. The fraction of sp³-hybridized carbons (Fsp3) is 0.444. The van der Waals surface area contributed by atoms with E-state index in [0.717, 1.165) is 0 Å². The van der Waals surface area contributed by atoms with Crippen LogP contribution in [0.25, 0.3) is 0 Å². The van der Waals surface area contributed by atoms with E-state index in [4.69, 9.17) is 20.5 Å². The molecule has 0 aliphatic carbocycles.